The van der Waals surface area contributed by atoms with E-state index >= 15 is 0 Å². The van der Waals surface area contributed by atoms with Crippen LogP contribution in [0.15, 0.2) is 54.6 Å². The van der Waals surface area contributed by atoms with Gasteiger partial charge in [0.15, 0.2) is 0 Å². The van der Waals surface area contributed by atoms with Gasteiger partial charge in [-0.2, -0.15) is 0 Å². The molecule has 0 saturated carbocycles. The third-order valence-corrected chi connectivity index (χ3v) is 2.35. The lowest BCUT2D eigenvalue weighted by atomic mass is 10.2. The molecular weight excluding hydrogens is 232 g/mol. The Kier molecular flexibility index (Phi) is 3.88. The Bertz CT molecular complexity index is 512. The zero-order valence-corrected chi connectivity index (χ0v) is 9.58. The van der Waals surface area contributed by atoms with Crippen molar-refractivity contribution in [1.82, 2.24) is 0 Å². The van der Waals surface area contributed by atoms with Crippen LogP contribution in [-0.2, 0) is 11.4 Å². The van der Waals surface area contributed by atoms with Crippen LogP contribution in [0.2, 0.25) is 0 Å². The Balaban J connectivity index is 1.85. The zero-order valence-electron chi connectivity index (χ0n) is 9.58. The minimum Gasteiger partial charge on any atom is -0.271 e. The van der Waals surface area contributed by atoms with Crippen molar-refractivity contribution in [3.63, 3.8) is 0 Å². The molecule has 0 aliphatic carbocycles. The molecule has 0 aliphatic heterocycles. The van der Waals surface area contributed by atoms with E-state index in [1.807, 2.05) is 30.3 Å². The van der Waals surface area contributed by atoms with Crippen LogP contribution < -0.4 is 5.48 Å². The molecule has 0 aromatic heterocycles. The summed E-state index contributed by atoms with van der Waals surface area (Å²) in [5, 5.41) is 10.5. The highest BCUT2D eigenvalue weighted by molar-refractivity contribution is 5.46. The number of rotatable bonds is 5. The highest BCUT2D eigenvalue weighted by Gasteiger charge is 2.03. The van der Waals surface area contributed by atoms with Gasteiger partial charge in [0.05, 0.1) is 17.2 Å². The third kappa shape index (κ3) is 3.29. The van der Waals surface area contributed by atoms with Gasteiger partial charge in [-0.25, -0.2) is 0 Å². The minimum atomic E-state index is -0.436. The maximum absolute atomic E-state index is 10.5. The fraction of sp³-hybridized carbons (Fsp3) is 0.0769. The number of non-ortho nitro benzene ring substituents is 1. The molecule has 92 valence electrons. The van der Waals surface area contributed by atoms with Crippen molar-refractivity contribution in [1.29, 1.82) is 0 Å². The number of hydrogen-bond acceptors (Lipinski definition) is 4. The van der Waals surface area contributed by atoms with Crippen molar-refractivity contribution in [2.75, 3.05) is 5.48 Å². The second-order valence-electron chi connectivity index (χ2n) is 3.68. The van der Waals surface area contributed by atoms with Crippen molar-refractivity contribution in [3.8, 4) is 0 Å². The molecule has 18 heavy (non-hydrogen) atoms. The lowest BCUT2D eigenvalue weighted by molar-refractivity contribution is -0.384. The second kappa shape index (κ2) is 5.79. The fourth-order valence-electron chi connectivity index (χ4n) is 1.43. The number of benzene rings is 2. The molecule has 2 aromatic carbocycles. The number of nitro benzene ring substituents is 1. The molecule has 0 radical (unpaired) electrons. The third-order valence-electron chi connectivity index (χ3n) is 2.35. The van der Waals surface area contributed by atoms with Crippen molar-refractivity contribution < 1.29 is 9.76 Å². The monoisotopic (exact) mass is 244 g/mol. The first-order valence-electron chi connectivity index (χ1n) is 5.42. The van der Waals surface area contributed by atoms with Crippen LogP contribution in [0.1, 0.15) is 5.56 Å². The lowest BCUT2D eigenvalue weighted by Gasteiger charge is -2.06. The SMILES string of the molecule is O=[N+]([O-])c1ccc(NOCc2ccccc2)cc1. The van der Waals surface area contributed by atoms with Crippen LogP contribution in [0.3, 0.4) is 0 Å². The summed E-state index contributed by atoms with van der Waals surface area (Å²) >= 11 is 0. The van der Waals surface area contributed by atoms with Gasteiger partial charge in [-0.1, -0.05) is 30.3 Å². The van der Waals surface area contributed by atoms with Crippen molar-refractivity contribution >= 4 is 11.4 Å². The number of nitro groups is 1. The number of hydrogen-bond donors (Lipinski definition) is 1. The predicted octanol–water partition coefficient (Wildman–Crippen LogP) is 3.14. The Hall–Kier alpha value is -2.40. The van der Waals surface area contributed by atoms with E-state index in [0.717, 1.165) is 5.56 Å². The van der Waals surface area contributed by atoms with Gasteiger partial charge in [-0.05, 0) is 17.7 Å². The van der Waals surface area contributed by atoms with E-state index in [4.69, 9.17) is 4.84 Å². The largest absolute Gasteiger partial charge is 0.271 e. The van der Waals surface area contributed by atoms with Gasteiger partial charge in [0.2, 0.25) is 0 Å². The highest BCUT2D eigenvalue weighted by atomic mass is 16.6. The first kappa shape index (κ1) is 12.1. The first-order chi connectivity index (χ1) is 8.75. The topological polar surface area (TPSA) is 64.4 Å². The van der Waals surface area contributed by atoms with Crippen LogP contribution in [0.4, 0.5) is 11.4 Å². The molecule has 1 N–H and O–H groups in total. The molecule has 0 amide bonds. The van der Waals surface area contributed by atoms with Crippen LogP contribution in [0, 0.1) is 10.1 Å². The van der Waals surface area contributed by atoms with Crippen molar-refractivity contribution in [2.24, 2.45) is 0 Å². The van der Waals surface area contributed by atoms with Gasteiger partial charge in [0.25, 0.3) is 5.69 Å². The molecule has 0 bridgehead atoms. The quantitative estimate of drug-likeness (QED) is 0.648. The van der Waals surface area contributed by atoms with E-state index < -0.39 is 4.92 Å². The fourth-order valence-corrected chi connectivity index (χ4v) is 1.43. The molecular formula is C13H12N2O3. The summed E-state index contributed by atoms with van der Waals surface area (Å²) in [6.07, 6.45) is 0. The minimum absolute atomic E-state index is 0.0589. The van der Waals surface area contributed by atoms with Gasteiger partial charge in [0, 0.05) is 12.1 Å². The maximum atomic E-state index is 10.5. The van der Waals surface area contributed by atoms with Gasteiger partial charge < -0.3 is 0 Å². The van der Waals surface area contributed by atoms with E-state index in [1.54, 1.807) is 12.1 Å². The molecule has 5 nitrogen and oxygen atoms in total. The average Bonchev–Trinajstić information content (AvgIpc) is 2.40. The summed E-state index contributed by atoms with van der Waals surface area (Å²) in [6.45, 7) is 0.428. The maximum Gasteiger partial charge on any atom is 0.269 e. The Labute approximate surface area is 104 Å². The van der Waals surface area contributed by atoms with Crippen molar-refractivity contribution in [2.45, 2.75) is 6.61 Å². The molecule has 0 unspecified atom stereocenters. The zero-order chi connectivity index (χ0) is 12.8. The highest BCUT2D eigenvalue weighted by Crippen LogP contribution is 2.15. The molecule has 0 spiro atoms. The number of nitrogens with one attached hydrogen (secondary N) is 1. The summed E-state index contributed by atoms with van der Waals surface area (Å²) in [7, 11) is 0. The van der Waals surface area contributed by atoms with E-state index in [-0.39, 0.29) is 5.69 Å². The molecule has 0 aliphatic rings. The van der Waals surface area contributed by atoms with Crippen molar-refractivity contribution in [3.05, 3.63) is 70.3 Å². The average molecular weight is 244 g/mol. The smallest absolute Gasteiger partial charge is 0.269 e. The van der Waals surface area contributed by atoms with Crippen LogP contribution in [0.5, 0.6) is 0 Å². The molecule has 0 atom stereocenters. The standard InChI is InChI=1S/C13H12N2O3/c16-15(17)13-8-6-12(7-9-13)14-18-10-11-4-2-1-3-5-11/h1-9,14H,10H2. The van der Waals surface area contributed by atoms with E-state index in [0.29, 0.717) is 12.3 Å². The molecule has 2 rings (SSSR count). The molecule has 5 heteroatoms. The number of nitrogens with zero attached hydrogens (tertiary/aromatic N) is 1. The van der Waals surface area contributed by atoms with Gasteiger partial charge >= 0.3 is 0 Å². The molecule has 2 aromatic rings. The lowest BCUT2D eigenvalue weighted by Crippen LogP contribution is -2.01. The summed E-state index contributed by atoms with van der Waals surface area (Å²) < 4.78 is 0. The summed E-state index contributed by atoms with van der Waals surface area (Å²) in [5.41, 5.74) is 4.52. The Morgan fingerprint density at radius 3 is 2.33 bits per heavy atom. The normalized spacial score (nSPS) is 10.0. The molecule has 0 fully saturated rings. The second-order valence-corrected chi connectivity index (χ2v) is 3.68. The Morgan fingerprint density at radius 2 is 1.72 bits per heavy atom. The molecule has 0 heterocycles. The van der Waals surface area contributed by atoms with Gasteiger partial charge in [-0.15, -0.1) is 0 Å². The number of anilines is 1. The van der Waals surface area contributed by atoms with Crippen LogP contribution >= 0.6 is 0 Å². The predicted molar refractivity (Wildman–Crippen MR) is 68.0 cm³/mol. The molecule has 0 saturated heterocycles. The van der Waals surface area contributed by atoms with Crippen LogP contribution in [-0.4, -0.2) is 4.92 Å². The van der Waals surface area contributed by atoms with Crippen LogP contribution in [0.25, 0.3) is 0 Å². The van der Waals surface area contributed by atoms with E-state index in [1.165, 1.54) is 12.1 Å². The van der Waals surface area contributed by atoms with E-state index in [2.05, 4.69) is 5.48 Å². The summed E-state index contributed by atoms with van der Waals surface area (Å²) in [4.78, 5) is 15.3. The van der Waals surface area contributed by atoms with E-state index in [9.17, 15) is 10.1 Å². The Morgan fingerprint density at radius 1 is 1.06 bits per heavy atom. The summed E-state index contributed by atoms with van der Waals surface area (Å²) in [6, 6.07) is 15.8. The van der Waals surface area contributed by atoms with Gasteiger partial charge in [-0.3, -0.25) is 20.4 Å². The first-order valence-corrected chi connectivity index (χ1v) is 5.42. The summed E-state index contributed by atoms with van der Waals surface area (Å²) in [5.74, 6) is 0. The van der Waals surface area contributed by atoms with Gasteiger partial charge in [0.1, 0.15) is 0 Å².